The van der Waals surface area contributed by atoms with Gasteiger partial charge in [-0.15, -0.1) is 0 Å². The van der Waals surface area contributed by atoms with Crippen molar-refractivity contribution in [2.75, 3.05) is 19.0 Å². The minimum absolute atomic E-state index is 0.0335. The van der Waals surface area contributed by atoms with Crippen LogP contribution in [0.1, 0.15) is 25.7 Å². The summed E-state index contributed by atoms with van der Waals surface area (Å²) in [5.74, 6) is -0.158. The maximum absolute atomic E-state index is 13.3. The molecule has 1 aliphatic carbocycles. The molecule has 0 aliphatic heterocycles. The molecule has 1 fully saturated rings. The molecule has 0 heterocycles. The molecule has 1 amide bonds. The molecule has 3 N–H and O–H groups in total. The second-order valence-electron chi connectivity index (χ2n) is 5.23. The normalized spacial score (nSPS) is 22.4. The van der Waals surface area contributed by atoms with Gasteiger partial charge in [0.05, 0.1) is 7.11 Å². The lowest BCUT2D eigenvalue weighted by Gasteiger charge is -2.29. The van der Waals surface area contributed by atoms with E-state index in [1.165, 1.54) is 25.3 Å². The van der Waals surface area contributed by atoms with Crippen LogP contribution < -0.4 is 15.8 Å². The lowest BCUT2D eigenvalue weighted by molar-refractivity contribution is -0.122. The fourth-order valence-corrected chi connectivity index (χ4v) is 2.81. The van der Waals surface area contributed by atoms with E-state index in [0.717, 1.165) is 25.7 Å². The molecule has 0 saturated heterocycles. The summed E-state index contributed by atoms with van der Waals surface area (Å²) in [5, 5.41) is 2.84. The van der Waals surface area contributed by atoms with Crippen molar-refractivity contribution in [3.63, 3.8) is 0 Å². The molecule has 0 radical (unpaired) electrons. The maximum atomic E-state index is 13.3. The molecular weight excluding hydrogens is 259 g/mol. The zero-order chi connectivity index (χ0) is 14.5. The first-order chi connectivity index (χ1) is 9.65. The van der Waals surface area contributed by atoms with E-state index in [9.17, 15) is 9.18 Å². The number of amides is 1. The van der Waals surface area contributed by atoms with Gasteiger partial charge < -0.3 is 15.8 Å². The third-order valence-corrected chi connectivity index (χ3v) is 3.97. The first-order valence-electron chi connectivity index (χ1n) is 7.00. The highest BCUT2D eigenvalue weighted by Crippen LogP contribution is 2.31. The standard InChI is InChI=1S/C15H21FN2O2/c1-20-14-8-11(6-7-13(14)16)18-15(19)12-5-3-2-4-10(12)9-17/h6-8,10,12H,2-5,9,17H2,1H3,(H,18,19). The van der Waals surface area contributed by atoms with E-state index in [0.29, 0.717) is 12.2 Å². The number of benzene rings is 1. The fourth-order valence-electron chi connectivity index (χ4n) is 2.81. The van der Waals surface area contributed by atoms with E-state index in [-0.39, 0.29) is 23.5 Å². The average molecular weight is 280 g/mol. The summed E-state index contributed by atoms with van der Waals surface area (Å²) in [6, 6.07) is 4.32. The molecule has 0 spiro atoms. The Morgan fingerprint density at radius 1 is 1.45 bits per heavy atom. The molecule has 2 unspecified atom stereocenters. The summed E-state index contributed by atoms with van der Waals surface area (Å²) in [5.41, 5.74) is 6.29. The molecule has 2 atom stereocenters. The molecule has 0 aromatic heterocycles. The zero-order valence-corrected chi connectivity index (χ0v) is 11.7. The van der Waals surface area contributed by atoms with Gasteiger partial charge in [-0.1, -0.05) is 12.8 Å². The van der Waals surface area contributed by atoms with Crippen LogP contribution in [0.5, 0.6) is 5.75 Å². The van der Waals surface area contributed by atoms with Gasteiger partial charge in [-0.3, -0.25) is 4.79 Å². The molecule has 2 rings (SSSR count). The maximum Gasteiger partial charge on any atom is 0.227 e. The summed E-state index contributed by atoms with van der Waals surface area (Å²) < 4.78 is 18.2. The van der Waals surface area contributed by atoms with E-state index >= 15 is 0 Å². The van der Waals surface area contributed by atoms with E-state index < -0.39 is 5.82 Å². The van der Waals surface area contributed by atoms with Crippen LogP contribution in [-0.2, 0) is 4.79 Å². The van der Waals surface area contributed by atoms with Crippen molar-refractivity contribution in [2.24, 2.45) is 17.6 Å². The minimum atomic E-state index is -0.442. The van der Waals surface area contributed by atoms with Crippen molar-refractivity contribution in [3.05, 3.63) is 24.0 Å². The molecule has 5 heteroatoms. The van der Waals surface area contributed by atoms with Gasteiger partial charge in [-0.25, -0.2) is 4.39 Å². The number of hydrogen-bond donors (Lipinski definition) is 2. The predicted octanol–water partition coefficient (Wildman–Crippen LogP) is 2.54. The van der Waals surface area contributed by atoms with Crippen LogP contribution in [0, 0.1) is 17.7 Å². The predicted molar refractivity (Wildman–Crippen MR) is 76.1 cm³/mol. The lowest BCUT2D eigenvalue weighted by Crippen LogP contribution is -2.35. The van der Waals surface area contributed by atoms with Crippen molar-refractivity contribution in [1.82, 2.24) is 0 Å². The van der Waals surface area contributed by atoms with Crippen LogP contribution in [0.25, 0.3) is 0 Å². The Balaban J connectivity index is 2.06. The van der Waals surface area contributed by atoms with Crippen LogP contribution in [0.2, 0.25) is 0 Å². The smallest absolute Gasteiger partial charge is 0.227 e. The third kappa shape index (κ3) is 3.28. The first-order valence-corrected chi connectivity index (χ1v) is 7.00. The third-order valence-electron chi connectivity index (χ3n) is 3.97. The number of carbonyl (C=O) groups excluding carboxylic acids is 1. The molecular formula is C15H21FN2O2. The topological polar surface area (TPSA) is 64.3 Å². The molecule has 1 aromatic rings. The van der Waals surface area contributed by atoms with Crippen molar-refractivity contribution < 1.29 is 13.9 Å². The van der Waals surface area contributed by atoms with Crippen LogP contribution in [-0.4, -0.2) is 19.6 Å². The van der Waals surface area contributed by atoms with E-state index in [2.05, 4.69) is 5.32 Å². The lowest BCUT2D eigenvalue weighted by atomic mass is 9.78. The van der Waals surface area contributed by atoms with Crippen molar-refractivity contribution in [2.45, 2.75) is 25.7 Å². The number of ether oxygens (including phenoxy) is 1. The molecule has 20 heavy (non-hydrogen) atoms. The summed E-state index contributed by atoms with van der Waals surface area (Å²) >= 11 is 0. The van der Waals surface area contributed by atoms with Gasteiger partial charge in [0, 0.05) is 17.7 Å². The SMILES string of the molecule is COc1cc(NC(=O)C2CCCCC2CN)ccc1F. The largest absolute Gasteiger partial charge is 0.494 e. The van der Waals surface area contributed by atoms with Crippen LogP contribution in [0.15, 0.2) is 18.2 Å². The van der Waals surface area contributed by atoms with Gasteiger partial charge >= 0.3 is 0 Å². The molecule has 110 valence electrons. The summed E-state index contributed by atoms with van der Waals surface area (Å²) in [6.07, 6.45) is 4.06. The number of methoxy groups -OCH3 is 1. The Bertz CT molecular complexity index is 479. The Morgan fingerprint density at radius 3 is 2.90 bits per heavy atom. The molecule has 1 aliphatic rings. The zero-order valence-electron chi connectivity index (χ0n) is 11.7. The van der Waals surface area contributed by atoms with E-state index in [4.69, 9.17) is 10.5 Å². The Kier molecular flexibility index (Phi) is 4.95. The monoisotopic (exact) mass is 280 g/mol. The average Bonchev–Trinajstić information content (AvgIpc) is 2.49. The van der Waals surface area contributed by atoms with Crippen LogP contribution in [0.4, 0.5) is 10.1 Å². The van der Waals surface area contributed by atoms with Gasteiger partial charge in [0.1, 0.15) is 0 Å². The van der Waals surface area contributed by atoms with E-state index in [1.54, 1.807) is 0 Å². The quantitative estimate of drug-likeness (QED) is 0.890. The van der Waals surface area contributed by atoms with Gasteiger partial charge in [0.2, 0.25) is 5.91 Å². The molecule has 1 saturated carbocycles. The fraction of sp³-hybridized carbons (Fsp3) is 0.533. The van der Waals surface area contributed by atoms with Gasteiger partial charge in [-0.05, 0) is 37.4 Å². The molecule has 1 aromatic carbocycles. The summed E-state index contributed by atoms with van der Waals surface area (Å²) in [7, 11) is 1.40. The number of anilines is 1. The van der Waals surface area contributed by atoms with Gasteiger partial charge in [-0.2, -0.15) is 0 Å². The number of rotatable bonds is 4. The van der Waals surface area contributed by atoms with Crippen molar-refractivity contribution >= 4 is 11.6 Å². The Hall–Kier alpha value is -1.62. The number of halogens is 1. The Labute approximate surface area is 118 Å². The highest BCUT2D eigenvalue weighted by molar-refractivity contribution is 5.93. The van der Waals surface area contributed by atoms with Gasteiger partial charge in [0.15, 0.2) is 11.6 Å². The number of carbonyl (C=O) groups is 1. The van der Waals surface area contributed by atoms with Crippen LogP contribution in [0.3, 0.4) is 0 Å². The first kappa shape index (κ1) is 14.8. The highest BCUT2D eigenvalue weighted by Gasteiger charge is 2.29. The molecule has 4 nitrogen and oxygen atoms in total. The van der Waals surface area contributed by atoms with Gasteiger partial charge in [0.25, 0.3) is 0 Å². The second kappa shape index (κ2) is 6.70. The summed E-state index contributed by atoms with van der Waals surface area (Å²) in [6.45, 7) is 0.533. The van der Waals surface area contributed by atoms with Crippen molar-refractivity contribution in [3.8, 4) is 5.75 Å². The number of nitrogens with one attached hydrogen (secondary N) is 1. The minimum Gasteiger partial charge on any atom is -0.494 e. The second-order valence-corrected chi connectivity index (χ2v) is 5.23. The number of hydrogen-bond acceptors (Lipinski definition) is 3. The number of nitrogens with two attached hydrogens (primary N) is 1. The van der Waals surface area contributed by atoms with Crippen LogP contribution >= 0.6 is 0 Å². The highest BCUT2D eigenvalue weighted by atomic mass is 19.1. The summed E-state index contributed by atoms with van der Waals surface area (Å²) in [4.78, 5) is 12.3. The Morgan fingerprint density at radius 2 is 2.20 bits per heavy atom. The van der Waals surface area contributed by atoms with E-state index in [1.807, 2.05) is 0 Å². The van der Waals surface area contributed by atoms with Crippen molar-refractivity contribution in [1.29, 1.82) is 0 Å². The molecule has 0 bridgehead atoms.